The van der Waals surface area contributed by atoms with Gasteiger partial charge >= 0.3 is 0 Å². The maximum absolute atomic E-state index is 13.4. The van der Waals surface area contributed by atoms with E-state index >= 15 is 0 Å². The molecule has 1 aliphatic rings. The zero-order chi connectivity index (χ0) is 13.1. The molecule has 1 saturated heterocycles. The van der Waals surface area contributed by atoms with Crippen molar-refractivity contribution in [3.8, 4) is 5.75 Å². The predicted molar refractivity (Wildman–Crippen MR) is 66.4 cm³/mol. The number of benzene rings is 1. The van der Waals surface area contributed by atoms with Crippen molar-refractivity contribution in [2.24, 2.45) is 0 Å². The number of amides is 1. The quantitative estimate of drug-likeness (QED) is 0.848. The first kappa shape index (κ1) is 13.0. The molecule has 0 radical (unpaired) electrons. The van der Waals surface area contributed by atoms with E-state index in [1.165, 1.54) is 12.1 Å². The van der Waals surface area contributed by atoms with Crippen LogP contribution in [0.4, 0.5) is 4.39 Å². The van der Waals surface area contributed by atoms with E-state index < -0.39 is 22.5 Å². The van der Waals surface area contributed by atoms with E-state index in [9.17, 15) is 18.5 Å². The van der Waals surface area contributed by atoms with Crippen molar-refractivity contribution < 1.29 is 18.5 Å². The summed E-state index contributed by atoms with van der Waals surface area (Å²) in [4.78, 5) is 11.8. The fourth-order valence-corrected chi connectivity index (χ4v) is 3.23. The van der Waals surface area contributed by atoms with E-state index in [-0.39, 0.29) is 17.4 Å². The van der Waals surface area contributed by atoms with E-state index in [0.29, 0.717) is 24.3 Å². The van der Waals surface area contributed by atoms with Crippen molar-refractivity contribution >= 4 is 16.7 Å². The molecule has 1 fully saturated rings. The summed E-state index contributed by atoms with van der Waals surface area (Å²) in [6.45, 7) is 0. The normalized spacial score (nSPS) is 23.6. The van der Waals surface area contributed by atoms with Crippen LogP contribution in [-0.2, 0) is 10.8 Å². The number of phenolic OH excluding ortho intramolecular Hbond substituents is 1. The van der Waals surface area contributed by atoms with Gasteiger partial charge < -0.3 is 10.4 Å². The Morgan fingerprint density at radius 1 is 1.39 bits per heavy atom. The summed E-state index contributed by atoms with van der Waals surface area (Å²) in [6.07, 6.45) is 1.24. The summed E-state index contributed by atoms with van der Waals surface area (Å²) < 4.78 is 24.6. The van der Waals surface area contributed by atoms with Gasteiger partial charge in [0, 0.05) is 28.3 Å². The Labute approximate surface area is 107 Å². The van der Waals surface area contributed by atoms with Crippen molar-refractivity contribution in [2.75, 3.05) is 11.5 Å². The molecular formula is C12H14FNO3S. The molecule has 98 valence electrons. The van der Waals surface area contributed by atoms with Gasteiger partial charge in [-0.05, 0) is 25.0 Å². The number of carbonyl (C=O) groups excluding carboxylic acids is 1. The molecule has 1 heterocycles. The summed E-state index contributed by atoms with van der Waals surface area (Å²) in [5.41, 5.74) is -0.329. The predicted octanol–water partition coefficient (Wildman–Crippen LogP) is 1.17. The van der Waals surface area contributed by atoms with E-state index in [2.05, 4.69) is 5.32 Å². The fourth-order valence-electron chi connectivity index (χ4n) is 1.93. The van der Waals surface area contributed by atoms with Crippen LogP contribution in [0.15, 0.2) is 18.2 Å². The number of hydrogen-bond acceptors (Lipinski definition) is 3. The summed E-state index contributed by atoms with van der Waals surface area (Å²) in [5.74, 6) is -0.635. The lowest BCUT2D eigenvalue weighted by molar-refractivity contribution is 0.0927. The van der Waals surface area contributed by atoms with Gasteiger partial charge in [-0.3, -0.25) is 9.00 Å². The molecule has 1 aliphatic heterocycles. The van der Waals surface area contributed by atoms with Crippen LogP contribution >= 0.6 is 0 Å². The second-order valence-electron chi connectivity index (χ2n) is 4.23. The van der Waals surface area contributed by atoms with Crippen molar-refractivity contribution in [1.29, 1.82) is 0 Å². The Morgan fingerprint density at radius 2 is 2.06 bits per heavy atom. The van der Waals surface area contributed by atoms with Gasteiger partial charge in [0.25, 0.3) is 5.91 Å². The maximum Gasteiger partial charge on any atom is 0.258 e. The van der Waals surface area contributed by atoms with Crippen LogP contribution in [0.2, 0.25) is 0 Å². The number of halogens is 1. The third-order valence-electron chi connectivity index (χ3n) is 2.94. The van der Waals surface area contributed by atoms with Gasteiger partial charge in [-0.15, -0.1) is 0 Å². The average molecular weight is 271 g/mol. The maximum atomic E-state index is 13.4. The molecule has 0 saturated carbocycles. The van der Waals surface area contributed by atoms with Crippen LogP contribution in [0.5, 0.6) is 5.75 Å². The highest BCUT2D eigenvalue weighted by molar-refractivity contribution is 7.85. The molecule has 0 spiro atoms. The molecule has 0 bridgehead atoms. The van der Waals surface area contributed by atoms with Crippen LogP contribution in [0.25, 0.3) is 0 Å². The molecule has 6 heteroatoms. The van der Waals surface area contributed by atoms with E-state index in [4.69, 9.17) is 0 Å². The van der Waals surface area contributed by atoms with Crippen molar-refractivity contribution in [1.82, 2.24) is 5.32 Å². The molecule has 1 aromatic rings. The zero-order valence-electron chi connectivity index (χ0n) is 9.69. The zero-order valence-corrected chi connectivity index (χ0v) is 10.5. The fraction of sp³-hybridized carbons (Fsp3) is 0.417. The summed E-state index contributed by atoms with van der Waals surface area (Å²) in [6, 6.07) is 3.64. The van der Waals surface area contributed by atoms with Crippen LogP contribution in [0.3, 0.4) is 0 Å². The lowest BCUT2D eigenvalue weighted by Crippen LogP contribution is -2.39. The molecule has 4 nitrogen and oxygen atoms in total. The van der Waals surface area contributed by atoms with Crippen LogP contribution in [0, 0.1) is 5.82 Å². The molecule has 0 aromatic heterocycles. The van der Waals surface area contributed by atoms with E-state index in [0.717, 1.165) is 6.07 Å². The second kappa shape index (κ2) is 5.48. The highest BCUT2D eigenvalue weighted by Gasteiger charge is 2.23. The van der Waals surface area contributed by atoms with Gasteiger partial charge in [0.15, 0.2) is 0 Å². The summed E-state index contributed by atoms with van der Waals surface area (Å²) >= 11 is 0. The van der Waals surface area contributed by atoms with Crippen LogP contribution in [0.1, 0.15) is 23.2 Å². The molecule has 1 aromatic carbocycles. The Hall–Kier alpha value is -1.43. The summed E-state index contributed by atoms with van der Waals surface area (Å²) in [7, 11) is -0.804. The van der Waals surface area contributed by atoms with Crippen molar-refractivity contribution in [2.45, 2.75) is 18.9 Å². The minimum absolute atomic E-state index is 0.103. The molecule has 0 atom stereocenters. The monoisotopic (exact) mass is 271 g/mol. The Morgan fingerprint density at radius 3 is 2.67 bits per heavy atom. The number of aromatic hydroxyl groups is 1. The Bertz CT molecular complexity index is 462. The third-order valence-corrected chi connectivity index (χ3v) is 4.32. The first-order chi connectivity index (χ1) is 8.58. The molecule has 0 aliphatic carbocycles. The summed E-state index contributed by atoms with van der Waals surface area (Å²) in [5, 5.41) is 12.1. The highest BCUT2D eigenvalue weighted by Crippen LogP contribution is 2.20. The van der Waals surface area contributed by atoms with Gasteiger partial charge in [-0.1, -0.05) is 6.07 Å². The number of phenols is 1. The third kappa shape index (κ3) is 2.87. The van der Waals surface area contributed by atoms with Crippen LogP contribution in [-0.4, -0.2) is 32.8 Å². The number of carbonyl (C=O) groups is 1. The van der Waals surface area contributed by atoms with E-state index in [1.807, 2.05) is 0 Å². The number of rotatable bonds is 2. The lowest BCUT2D eigenvalue weighted by atomic mass is 10.1. The van der Waals surface area contributed by atoms with Gasteiger partial charge in [0.05, 0.1) is 0 Å². The Balaban J connectivity index is 2.06. The standard InChI is InChI=1S/C12H14FNO3S/c13-9-2-1-3-10(15)11(9)12(16)14-8-4-6-18(17)7-5-8/h1-3,8,15H,4-7H2,(H,14,16). The average Bonchev–Trinajstić information content (AvgIpc) is 2.32. The largest absolute Gasteiger partial charge is 0.507 e. The van der Waals surface area contributed by atoms with Gasteiger partial charge in [-0.25, -0.2) is 4.39 Å². The number of hydrogen-bond donors (Lipinski definition) is 2. The van der Waals surface area contributed by atoms with Crippen molar-refractivity contribution in [3.63, 3.8) is 0 Å². The van der Waals surface area contributed by atoms with Crippen molar-refractivity contribution in [3.05, 3.63) is 29.6 Å². The highest BCUT2D eigenvalue weighted by atomic mass is 32.2. The minimum atomic E-state index is -0.804. The smallest absolute Gasteiger partial charge is 0.258 e. The molecule has 18 heavy (non-hydrogen) atoms. The topological polar surface area (TPSA) is 66.4 Å². The minimum Gasteiger partial charge on any atom is -0.507 e. The lowest BCUT2D eigenvalue weighted by Gasteiger charge is -2.22. The first-order valence-corrected chi connectivity index (χ1v) is 7.20. The number of nitrogens with one attached hydrogen (secondary N) is 1. The second-order valence-corrected chi connectivity index (χ2v) is 5.93. The SMILES string of the molecule is O=C(NC1CCS(=O)CC1)c1c(O)cccc1F. The van der Waals surface area contributed by atoms with Gasteiger partial charge in [0.2, 0.25) is 0 Å². The molecule has 2 rings (SSSR count). The first-order valence-electron chi connectivity index (χ1n) is 5.71. The molecule has 0 unspecified atom stereocenters. The van der Waals surface area contributed by atoms with Crippen LogP contribution < -0.4 is 5.32 Å². The molecule has 1 amide bonds. The Kier molecular flexibility index (Phi) is 3.96. The van der Waals surface area contributed by atoms with E-state index in [1.54, 1.807) is 0 Å². The molecule has 2 N–H and O–H groups in total. The van der Waals surface area contributed by atoms with Gasteiger partial charge in [0.1, 0.15) is 17.1 Å². The van der Waals surface area contributed by atoms with Gasteiger partial charge in [-0.2, -0.15) is 0 Å². The molecular weight excluding hydrogens is 257 g/mol.